The van der Waals surface area contributed by atoms with Crippen LogP contribution in [-0.4, -0.2) is 4.98 Å². The van der Waals surface area contributed by atoms with Crippen molar-refractivity contribution in [2.24, 2.45) is 0 Å². The predicted molar refractivity (Wildman–Crippen MR) is 63.3 cm³/mol. The number of nitriles is 1. The summed E-state index contributed by atoms with van der Waals surface area (Å²) in [7, 11) is 0. The maximum Gasteiger partial charge on any atom is 0.183 e. The molecule has 0 unspecified atom stereocenters. The van der Waals surface area contributed by atoms with Crippen molar-refractivity contribution in [3.63, 3.8) is 0 Å². The maximum absolute atomic E-state index is 13.6. The summed E-state index contributed by atoms with van der Waals surface area (Å²) >= 11 is 0. The number of nitrogens with zero attached hydrogens (tertiary/aromatic N) is 2. The first-order chi connectivity index (χ1) is 8.61. The lowest BCUT2D eigenvalue weighted by Gasteiger charge is -2.08. The fourth-order valence-electron chi connectivity index (χ4n) is 1.43. The first-order valence-electron chi connectivity index (χ1n) is 5.19. The SMILES string of the molecule is Cc1ccc(Nc2ccc(C#N)c(F)c2F)cn1. The Labute approximate surface area is 103 Å². The number of halogens is 2. The molecule has 0 fully saturated rings. The minimum absolute atomic E-state index is 0.0304. The fraction of sp³-hybridized carbons (Fsp3) is 0.0769. The van der Waals surface area contributed by atoms with Crippen molar-refractivity contribution in [1.82, 2.24) is 4.98 Å². The molecule has 1 heterocycles. The Hall–Kier alpha value is -2.48. The first kappa shape index (κ1) is 12.0. The lowest BCUT2D eigenvalue weighted by Crippen LogP contribution is -1.99. The molecule has 2 aromatic rings. The Balaban J connectivity index is 2.33. The van der Waals surface area contributed by atoms with Crippen molar-refractivity contribution in [2.45, 2.75) is 6.92 Å². The van der Waals surface area contributed by atoms with Crippen molar-refractivity contribution >= 4 is 11.4 Å². The summed E-state index contributed by atoms with van der Waals surface area (Å²) in [6.45, 7) is 1.83. The molecular formula is C13H9F2N3. The number of pyridine rings is 1. The minimum atomic E-state index is -1.15. The minimum Gasteiger partial charge on any atom is -0.352 e. The molecule has 5 heteroatoms. The van der Waals surface area contributed by atoms with Crippen LogP contribution < -0.4 is 5.32 Å². The van der Waals surface area contributed by atoms with Gasteiger partial charge in [-0.2, -0.15) is 5.26 Å². The molecule has 0 bridgehead atoms. The van der Waals surface area contributed by atoms with E-state index in [2.05, 4.69) is 10.3 Å². The molecule has 2 rings (SSSR count). The van der Waals surface area contributed by atoms with Crippen LogP contribution in [0.25, 0.3) is 0 Å². The molecule has 0 saturated heterocycles. The lowest BCUT2D eigenvalue weighted by atomic mass is 10.2. The Morgan fingerprint density at radius 1 is 1.17 bits per heavy atom. The number of aromatic nitrogens is 1. The molecule has 0 atom stereocenters. The van der Waals surface area contributed by atoms with Crippen molar-refractivity contribution in [3.8, 4) is 6.07 Å². The summed E-state index contributed by atoms with van der Waals surface area (Å²) in [5.41, 5.74) is 1.02. The Morgan fingerprint density at radius 2 is 1.94 bits per heavy atom. The van der Waals surface area contributed by atoms with Gasteiger partial charge < -0.3 is 5.32 Å². The second-order valence-corrected chi connectivity index (χ2v) is 3.71. The molecule has 1 N–H and O–H groups in total. The first-order valence-corrected chi connectivity index (χ1v) is 5.19. The standard InChI is InChI=1S/C13H9F2N3/c1-8-2-4-10(7-17-8)18-11-5-3-9(6-16)12(14)13(11)15/h2-5,7,18H,1H3. The van der Waals surface area contributed by atoms with Crippen LogP contribution in [0.2, 0.25) is 0 Å². The zero-order valence-corrected chi connectivity index (χ0v) is 9.54. The van der Waals surface area contributed by atoms with E-state index in [1.54, 1.807) is 18.2 Å². The van der Waals surface area contributed by atoms with E-state index < -0.39 is 11.6 Å². The van der Waals surface area contributed by atoms with Gasteiger partial charge in [-0.05, 0) is 31.2 Å². The number of hydrogen-bond acceptors (Lipinski definition) is 3. The van der Waals surface area contributed by atoms with E-state index >= 15 is 0 Å². The van der Waals surface area contributed by atoms with Crippen molar-refractivity contribution in [3.05, 3.63) is 53.4 Å². The summed E-state index contributed by atoms with van der Waals surface area (Å²) in [4.78, 5) is 4.03. The van der Waals surface area contributed by atoms with E-state index in [0.717, 1.165) is 5.69 Å². The summed E-state index contributed by atoms with van der Waals surface area (Å²) in [5.74, 6) is -2.22. The second kappa shape index (κ2) is 4.80. The van der Waals surface area contributed by atoms with Crippen LogP contribution in [-0.2, 0) is 0 Å². The van der Waals surface area contributed by atoms with Gasteiger partial charge in [-0.1, -0.05) is 0 Å². The van der Waals surface area contributed by atoms with Crippen molar-refractivity contribution in [2.75, 3.05) is 5.32 Å². The highest BCUT2D eigenvalue weighted by Crippen LogP contribution is 2.23. The zero-order valence-electron chi connectivity index (χ0n) is 9.54. The number of nitrogens with one attached hydrogen (secondary N) is 1. The van der Waals surface area contributed by atoms with Gasteiger partial charge in [0.15, 0.2) is 11.6 Å². The molecular weight excluding hydrogens is 236 g/mol. The van der Waals surface area contributed by atoms with Gasteiger partial charge in [0.05, 0.1) is 23.1 Å². The van der Waals surface area contributed by atoms with Gasteiger partial charge in [-0.15, -0.1) is 0 Å². The van der Waals surface area contributed by atoms with E-state index in [-0.39, 0.29) is 11.3 Å². The van der Waals surface area contributed by atoms with E-state index in [0.29, 0.717) is 5.69 Å². The van der Waals surface area contributed by atoms with Gasteiger partial charge in [0, 0.05) is 5.69 Å². The quantitative estimate of drug-likeness (QED) is 0.883. The Morgan fingerprint density at radius 3 is 2.56 bits per heavy atom. The van der Waals surface area contributed by atoms with Gasteiger partial charge in [0.25, 0.3) is 0 Å². The monoisotopic (exact) mass is 245 g/mol. The molecule has 0 aliphatic rings. The normalized spacial score (nSPS) is 9.89. The number of anilines is 2. The third-order valence-corrected chi connectivity index (χ3v) is 2.39. The smallest absolute Gasteiger partial charge is 0.183 e. The molecule has 0 amide bonds. The van der Waals surface area contributed by atoms with E-state index in [9.17, 15) is 8.78 Å². The number of rotatable bonds is 2. The molecule has 0 radical (unpaired) electrons. The summed E-state index contributed by atoms with van der Waals surface area (Å²) in [5, 5.41) is 11.3. The molecule has 0 aliphatic heterocycles. The third kappa shape index (κ3) is 2.28. The second-order valence-electron chi connectivity index (χ2n) is 3.71. The highest BCUT2D eigenvalue weighted by atomic mass is 19.2. The molecule has 0 saturated carbocycles. The Kier molecular flexibility index (Phi) is 3.20. The van der Waals surface area contributed by atoms with Crippen molar-refractivity contribution < 1.29 is 8.78 Å². The fourth-order valence-corrected chi connectivity index (χ4v) is 1.43. The van der Waals surface area contributed by atoms with E-state index in [1.807, 2.05) is 6.92 Å². The van der Waals surface area contributed by atoms with Crippen LogP contribution in [0.4, 0.5) is 20.2 Å². The molecule has 0 spiro atoms. The highest BCUT2D eigenvalue weighted by Gasteiger charge is 2.13. The van der Waals surface area contributed by atoms with Gasteiger partial charge in [-0.3, -0.25) is 4.98 Å². The molecule has 1 aromatic carbocycles. The van der Waals surface area contributed by atoms with Crippen LogP contribution in [0, 0.1) is 29.9 Å². The van der Waals surface area contributed by atoms with Crippen LogP contribution in [0.1, 0.15) is 11.3 Å². The zero-order chi connectivity index (χ0) is 13.1. The van der Waals surface area contributed by atoms with Gasteiger partial charge >= 0.3 is 0 Å². The van der Waals surface area contributed by atoms with Crippen LogP contribution in [0.15, 0.2) is 30.5 Å². The summed E-state index contributed by atoms with van der Waals surface area (Å²) in [6, 6.07) is 7.58. The lowest BCUT2D eigenvalue weighted by molar-refractivity contribution is 0.509. The number of hydrogen-bond donors (Lipinski definition) is 1. The molecule has 0 aliphatic carbocycles. The Bertz CT molecular complexity index is 615. The summed E-state index contributed by atoms with van der Waals surface area (Å²) in [6.07, 6.45) is 1.52. The van der Waals surface area contributed by atoms with Gasteiger partial charge in [-0.25, -0.2) is 8.78 Å². The molecule has 18 heavy (non-hydrogen) atoms. The average molecular weight is 245 g/mol. The predicted octanol–water partition coefficient (Wildman–Crippen LogP) is 3.28. The van der Waals surface area contributed by atoms with Gasteiger partial charge in [0.2, 0.25) is 0 Å². The van der Waals surface area contributed by atoms with Crippen LogP contribution in [0.3, 0.4) is 0 Å². The van der Waals surface area contributed by atoms with Gasteiger partial charge in [0.1, 0.15) is 6.07 Å². The maximum atomic E-state index is 13.6. The molecule has 3 nitrogen and oxygen atoms in total. The van der Waals surface area contributed by atoms with Crippen LogP contribution in [0.5, 0.6) is 0 Å². The van der Waals surface area contributed by atoms with Crippen molar-refractivity contribution in [1.29, 1.82) is 5.26 Å². The number of aryl methyl sites for hydroxylation is 1. The molecule has 90 valence electrons. The van der Waals surface area contributed by atoms with Crippen LogP contribution >= 0.6 is 0 Å². The van der Waals surface area contributed by atoms with E-state index in [1.165, 1.54) is 18.3 Å². The molecule has 1 aromatic heterocycles. The topological polar surface area (TPSA) is 48.7 Å². The largest absolute Gasteiger partial charge is 0.352 e. The summed E-state index contributed by atoms with van der Waals surface area (Å²) < 4.78 is 27.0. The third-order valence-electron chi connectivity index (χ3n) is 2.39. The average Bonchev–Trinajstić information content (AvgIpc) is 2.38. The van der Waals surface area contributed by atoms with E-state index in [4.69, 9.17) is 5.26 Å². The highest BCUT2D eigenvalue weighted by molar-refractivity contribution is 5.60. The number of benzene rings is 1.